The van der Waals surface area contributed by atoms with Crippen molar-refractivity contribution < 1.29 is 41.5 Å². The summed E-state index contributed by atoms with van der Waals surface area (Å²) in [6, 6.07) is 13.4. The number of halogens is 4. The number of fused-ring (bicyclic) bond motifs is 2. The third kappa shape index (κ3) is 12.0. The van der Waals surface area contributed by atoms with Crippen LogP contribution in [-0.2, 0) is 27.0 Å². The van der Waals surface area contributed by atoms with Crippen LogP contribution in [0.5, 0.6) is 5.75 Å². The van der Waals surface area contributed by atoms with E-state index in [0.717, 1.165) is 58.1 Å². The summed E-state index contributed by atoms with van der Waals surface area (Å²) in [5.74, 6) is -5.34. The molecule has 0 fully saturated rings. The number of aromatic nitrogens is 4. The van der Waals surface area contributed by atoms with E-state index >= 15 is 0 Å². The molecule has 0 unspecified atom stereocenters. The Labute approximate surface area is 407 Å². The van der Waals surface area contributed by atoms with Crippen LogP contribution >= 0.6 is 13.5 Å². The Hall–Kier alpha value is -6.69. The smallest absolute Gasteiger partial charge is 0.257 e. The van der Waals surface area contributed by atoms with Crippen LogP contribution in [0.25, 0.3) is 11.1 Å². The molecule has 5 aromatic rings. The van der Waals surface area contributed by atoms with Gasteiger partial charge in [0.1, 0.15) is 17.1 Å². The number of amides is 4. The van der Waals surface area contributed by atoms with Gasteiger partial charge in [-0.1, -0.05) is 47.3 Å². The molecule has 2 aromatic heterocycles. The number of carbonyl (C=O) groups excluding carboxylic acids is 4. The molecule has 2 aliphatic rings. The average molecular weight is 975 g/mol. The van der Waals surface area contributed by atoms with Crippen LogP contribution in [0.15, 0.2) is 73.1 Å². The number of benzene rings is 3. The van der Waals surface area contributed by atoms with Gasteiger partial charge in [0.15, 0.2) is 23.3 Å². The first-order chi connectivity index (χ1) is 31.4. The summed E-state index contributed by atoms with van der Waals surface area (Å²) in [4.78, 5) is 55.5. The van der Waals surface area contributed by atoms with Gasteiger partial charge < -0.3 is 25.2 Å². The zero-order valence-electron chi connectivity index (χ0n) is 40.0. The molecular formula is C51H62F4N8O5S. The second-order valence-corrected chi connectivity index (χ2v) is 18.6. The highest BCUT2D eigenvalue weighted by molar-refractivity contribution is 7.59. The number of hydrogen-bond acceptors (Lipinski definition) is 7. The summed E-state index contributed by atoms with van der Waals surface area (Å²) in [5.41, 5.74) is 4.60. The predicted octanol–water partition coefficient (Wildman–Crippen LogP) is 8.87. The van der Waals surface area contributed by atoms with Crippen LogP contribution in [0.4, 0.5) is 17.6 Å². The molecule has 0 atom stereocenters. The fraction of sp³-hybridized carbons (Fsp3) is 0.373. The number of H-pyrrole nitrogens is 1. The zero-order valence-corrected chi connectivity index (χ0v) is 41.0. The number of nitrogens with zero attached hydrogens (tertiary/aromatic N) is 5. The van der Waals surface area contributed by atoms with E-state index in [2.05, 4.69) is 20.8 Å². The largest absolute Gasteiger partial charge is 0.497 e. The van der Waals surface area contributed by atoms with E-state index in [9.17, 15) is 36.7 Å². The van der Waals surface area contributed by atoms with Crippen molar-refractivity contribution in [1.29, 1.82) is 0 Å². The van der Waals surface area contributed by atoms with Gasteiger partial charge in [-0.2, -0.15) is 23.7 Å². The number of methoxy groups -OCH3 is 1. The van der Waals surface area contributed by atoms with Crippen LogP contribution in [0.2, 0.25) is 0 Å². The van der Waals surface area contributed by atoms with E-state index < -0.39 is 45.9 Å². The van der Waals surface area contributed by atoms with Gasteiger partial charge in [0.2, 0.25) is 0 Å². The molecule has 0 aliphatic carbocycles. The molecule has 2 aliphatic heterocycles. The van der Waals surface area contributed by atoms with Crippen molar-refractivity contribution >= 4 is 48.3 Å². The summed E-state index contributed by atoms with van der Waals surface area (Å²) < 4.78 is 61.5. The maximum atomic E-state index is 13.9. The maximum Gasteiger partial charge on any atom is 0.257 e. The molecule has 0 spiro atoms. The Morgan fingerprint density at radius 2 is 1.14 bits per heavy atom. The van der Waals surface area contributed by atoms with Gasteiger partial charge in [0, 0.05) is 82.0 Å². The van der Waals surface area contributed by atoms with E-state index in [1.807, 2.05) is 98.2 Å². The third-order valence-corrected chi connectivity index (χ3v) is 11.4. The van der Waals surface area contributed by atoms with Crippen LogP contribution in [0, 0.1) is 37.1 Å². The number of hydrogen-bond donors (Lipinski definition) is 3. The van der Waals surface area contributed by atoms with Gasteiger partial charge in [0.05, 0.1) is 24.8 Å². The first-order valence-corrected chi connectivity index (χ1v) is 21.8. The van der Waals surface area contributed by atoms with Crippen molar-refractivity contribution in [3.05, 3.63) is 147 Å². The molecule has 3 N–H and O–H groups in total. The second kappa shape index (κ2) is 21.7. The van der Waals surface area contributed by atoms with Gasteiger partial charge in [0.25, 0.3) is 23.6 Å². The SMILES string of the molecule is C.COc1ccc(Cn2nc3c(c2C)C(C)(C)CN(C(=O)c2ccc(F)c(F)c2)C=C3C(=O)NC(C)C)cc1.Cc1[nH]nc2c1C(C)(C)CN(C(=O)c1ccc(F)c(F)c1)C=C2C(=O)NC(C)C.S. The van der Waals surface area contributed by atoms with Gasteiger partial charge in [-0.05, 0) is 95.6 Å². The van der Waals surface area contributed by atoms with Crippen molar-refractivity contribution in [3.63, 3.8) is 0 Å². The van der Waals surface area contributed by atoms with Crippen molar-refractivity contribution in [2.24, 2.45) is 0 Å². The Balaban J connectivity index is 0.000000302. The summed E-state index contributed by atoms with van der Waals surface area (Å²) in [7, 11) is 1.61. The standard InChI is InChI=1S/C29H32F2N4O3.C21H24F2N4O2.CH4.H2S/c1-17(2)32-27(36)22-15-34(28(37)20-9-12-23(30)24(31)13-20)16-29(4,5)25-18(3)35(33-26(22)25)14-19-7-10-21(38-6)11-8-19;1-11(2)24-19(28)14-9-27(20(29)13-6-7-15(22)16(23)8-13)10-21(4,5)17-12(3)25-26-18(14)17;;/h7-13,15,17H,14,16H2,1-6H3,(H,32,36);6-9,11H,10H2,1-5H3,(H,24,28)(H,25,26);1H4;1H2. The maximum absolute atomic E-state index is 13.9. The Kier molecular flexibility index (Phi) is 17.3. The summed E-state index contributed by atoms with van der Waals surface area (Å²) in [6.45, 7) is 19.9. The Morgan fingerprint density at radius 3 is 1.58 bits per heavy atom. The van der Waals surface area contributed by atoms with Crippen LogP contribution < -0.4 is 15.4 Å². The van der Waals surface area contributed by atoms with Gasteiger partial charge in [-0.25, -0.2) is 17.6 Å². The fourth-order valence-electron chi connectivity index (χ4n) is 8.45. The van der Waals surface area contributed by atoms with Crippen LogP contribution in [0.3, 0.4) is 0 Å². The van der Waals surface area contributed by atoms with Gasteiger partial charge >= 0.3 is 0 Å². The van der Waals surface area contributed by atoms with E-state index in [0.29, 0.717) is 17.9 Å². The lowest BCUT2D eigenvalue weighted by Gasteiger charge is -2.30. The number of rotatable bonds is 9. The van der Waals surface area contributed by atoms with Crippen molar-refractivity contribution in [2.45, 2.75) is 106 Å². The minimum Gasteiger partial charge on any atom is -0.497 e. The Bertz CT molecular complexity index is 2800. The monoisotopic (exact) mass is 974 g/mol. The van der Waals surface area contributed by atoms with E-state index in [-0.39, 0.29) is 80.2 Å². The first kappa shape index (κ1) is 54.9. The number of aromatic amines is 1. The molecule has 4 amide bonds. The number of nitrogens with one attached hydrogen (secondary N) is 3. The molecule has 0 bridgehead atoms. The molecule has 4 heterocycles. The van der Waals surface area contributed by atoms with E-state index in [1.165, 1.54) is 34.3 Å². The highest BCUT2D eigenvalue weighted by Crippen LogP contribution is 2.39. The zero-order chi connectivity index (χ0) is 49.3. The van der Waals surface area contributed by atoms with Gasteiger partial charge in [-0.3, -0.25) is 29.0 Å². The molecule has 69 heavy (non-hydrogen) atoms. The molecule has 7 rings (SSSR count). The molecule has 0 saturated heterocycles. The molecule has 0 radical (unpaired) electrons. The predicted molar refractivity (Wildman–Crippen MR) is 263 cm³/mol. The summed E-state index contributed by atoms with van der Waals surface area (Å²) in [6.07, 6.45) is 2.91. The third-order valence-electron chi connectivity index (χ3n) is 11.4. The summed E-state index contributed by atoms with van der Waals surface area (Å²) >= 11 is 0. The summed E-state index contributed by atoms with van der Waals surface area (Å²) in [5, 5.41) is 17.8. The topological polar surface area (TPSA) is 155 Å². The normalized spacial score (nSPS) is 14.6. The minimum absolute atomic E-state index is 0. The van der Waals surface area contributed by atoms with Crippen molar-refractivity contribution in [2.75, 3.05) is 20.2 Å². The van der Waals surface area contributed by atoms with Crippen LogP contribution in [-0.4, -0.2) is 85.7 Å². The highest BCUT2D eigenvalue weighted by Gasteiger charge is 2.40. The van der Waals surface area contributed by atoms with E-state index in [1.54, 1.807) is 7.11 Å². The average Bonchev–Trinajstić information content (AvgIpc) is 3.73. The lowest BCUT2D eigenvalue weighted by Crippen LogP contribution is -2.37. The number of ether oxygens (including phenoxy) is 1. The van der Waals surface area contributed by atoms with Crippen molar-refractivity contribution in [1.82, 2.24) is 40.4 Å². The lowest BCUT2D eigenvalue weighted by molar-refractivity contribution is -0.117. The molecular weight excluding hydrogens is 913 g/mol. The number of carbonyl (C=O) groups is 4. The molecule has 0 saturated carbocycles. The Morgan fingerprint density at radius 1 is 0.696 bits per heavy atom. The lowest BCUT2D eigenvalue weighted by atomic mass is 9.82. The molecule has 3 aromatic carbocycles. The van der Waals surface area contributed by atoms with Crippen molar-refractivity contribution in [3.8, 4) is 5.75 Å². The van der Waals surface area contributed by atoms with E-state index in [4.69, 9.17) is 9.84 Å². The molecule has 13 nitrogen and oxygen atoms in total. The minimum atomic E-state index is -1.11. The first-order valence-electron chi connectivity index (χ1n) is 21.8. The quantitative estimate of drug-likeness (QED) is 0.125. The fourth-order valence-corrected chi connectivity index (χ4v) is 8.45. The second-order valence-electron chi connectivity index (χ2n) is 18.6. The van der Waals surface area contributed by atoms with Crippen LogP contribution in [0.1, 0.15) is 123 Å². The molecule has 18 heteroatoms. The highest BCUT2D eigenvalue weighted by atomic mass is 32.1. The number of aryl methyl sites for hydroxylation is 1. The van der Waals surface area contributed by atoms with Gasteiger partial charge in [-0.15, -0.1) is 0 Å². The molecule has 370 valence electrons.